The topological polar surface area (TPSA) is 43.4 Å². The predicted molar refractivity (Wildman–Crippen MR) is 59.6 cm³/mol. The van der Waals surface area contributed by atoms with E-state index in [1.807, 2.05) is 13.0 Å². The summed E-state index contributed by atoms with van der Waals surface area (Å²) in [7, 11) is 1.34. The SMILES string of the molecule is COC(=O)c1ccc2c(c1)C(=O)C(C)CC2. The molecular weight excluding hydrogens is 204 g/mol. The van der Waals surface area contributed by atoms with Crippen LogP contribution in [0, 0.1) is 5.92 Å². The van der Waals surface area contributed by atoms with Gasteiger partial charge in [-0.1, -0.05) is 13.0 Å². The maximum absolute atomic E-state index is 11.9. The molecule has 1 atom stereocenters. The first-order valence-corrected chi connectivity index (χ1v) is 5.39. The Bertz CT molecular complexity index is 448. The van der Waals surface area contributed by atoms with Crippen molar-refractivity contribution in [1.29, 1.82) is 0 Å². The van der Waals surface area contributed by atoms with Gasteiger partial charge in [0.25, 0.3) is 0 Å². The van der Waals surface area contributed by atoms with E-state index in [-0.39, 0.29) is 11.7 Å². The quantitative estimate of drug-likeness (QED) is 0.679. The molecule has 0 spiro atoms. The Morgan fingerprint density at radius 1 is 1.44 bits per heavy atom. The fourth-order valence-corrected chi connectivity index (χ4v) is 2.04. The molecule has 1 aromatic rings. The molecule has 2 rings (SSSR count). The Hall–Kier alpha value is -1.64. The summed E-state index contributed by atoms with van der Waals surface area (Å²) in [6, 6.07) is 5.22. The van der Waals surface area contributed by atoms with E-state index in [1.54, 1.807) is 12.1 Å². The molecular formula is C13H14O3. The predicted octanol–water partition coefficient (Wildman–Crippen LogP) is 2.24. The van der Waals surface area contributed by atoms with Gasteiger partial charge >= 0.3 is 5.97 Å². The van der Waals surface area contributed by atoms with Crippen molar-refractivity contribution < 1.29 is 14.3 Å². The number of Topliss-reactive ketones (excluding diaryl/α,β-unsaturated/α-hetero) is 1. The summed E-state index contributed by atoms with van der Waals surface area (Å²) < 4.78 is 4.64. The van der Waals surface area contributed by atoms with Crippen LogP contribution < -0.4 is 0 Å². The Morgan fingerprint density at radius 3 is 2.88 bits per heavy atom. The lowest BCUT2D eigenvalue weighted by Gasteiger charge is -2.20. The second-order valence-corrected chi connectivity index (χ2v) is 4.17. The lowest BCUT2D eigenvalue weighted by molar-refractivity contribution is 0.0600. The summed E-state index contributed by atoms with van der Waals surface area (Å²) in [5.41, 5.74) is 2.17. The fraction of sp³-hybridized carbons (Fsp3) is 0.385. The van der Waals surface area contributed by atoms with E-state index in [0.717, 1.165) is 18.4 Å². The number of rotatable bonds is 1. The first kappa shape index (κ1) is 10.9. The molecule has 0 aromatic heterocycles. The first-order valence-electron chi connectivity index (χ1n) is 5.39. The van der Waals surface area contributed by atoms with Gasteiger partial charge in [0.1, 0.15) is 0 Å². The number of fused-ring (bicyclic) bond motifs is 1. The Labute approximate surface area is 94.4 Å². The van der Waals surface area contributed by atoms with Crippen LogP contribution in [-0.4, -0.2) is 18.9 Å². The molecule has 1 aromatic carbocycles. The fourth-order valence-electron chi connectivity index (χ4n) is 2.04. The summed E-state index contributed by atoms with van der Waals surface area (Å²) in [6.45, 7) is 1.93. The molecule has 0 fully saturated rings. The van der Waals surface area contributed by atoms with Crippen molar-refractivity contribution in [2.75, 3.05) is 7.11 Å². The molecule has 0 radical (unpaired) electrons. The second kappa shape index (κ2) is 4.08. The van der Waals surface area contributed by atoms with Gasteiger partial charge in [0, 0.05) is 11.5 Å². The minimum atomic E-state index is -0.395. The van der Waals surface area contributed by atoms with Crippen LogP contribution in [0.15, 0.2) is 18.2 Å². The van der Waals surface area contributed by atoms with Crippen LogP contribution in [0.3, 0.4) is 0 Å². The number of hydrogen-bond donors (Lipinski definition) is 0. The molecule has 0 heterocycles. The van der Waals surface area contributed by atoms with E-state index < -0.39 is 5.97 Å². The average molecular weight is 218 g/mol. The molecule has 16 heavy (non-hydrogen) atoms. The van der Waals surface area contributed by atoms with E-state index >= 15 is 0 Å². The number of carbonyl (C=O) groups excluding carboxylic acids is 2. The zero-order chi connectivity index (χ0) is 11.7. The van der Waals surface area contributed by atoms with Gasteiger partial charge in [0.05, 0.1) is 12.7 Å². The Kier molecular flexibility index (Phi) is 2.77. The van der Waals surface area contributed by atoms with Crippen molar-refractivity contribution in [1.82, 2.24) is 0 Å². The molecule has 1 unspecified atom stereocenters. The van der Waals surface area contributed by atoms with Crippen molar-refractivity contribution in [2.45, 2.75) is 19.8 Å². The van der Waals surface area contributed by atoms with E-state index in [2.05, 4.69) is 4.74 Å². The number of benzene rings is 1. The van der Waals surface area contributed by atoms with Crippen LogP contribution in [-0.2, 0) is 11.2 Å². The zero-order valence-corrected chi connectivity index (χ0v) is 9.45. The van der Waals surface area contributed by atoms with E-state index in [9.17, 15) is 9.59 Å². The van der Waals surface area contributed by atoms with E-state index in [1.165, 1.54) is 7.11 Å². The Morgan fingerprint density at radius 2 is 2.19 bits per heavy atom. The third kappa shape index (κ3) is 1.73. The molecule has 0 saturated heterocycles. The Balaban J connectivity index is 2.44. The number of carbonyl (C=O) groups is 2. The van der Waals surface area contributed by atoms with Crippen molar-refractivity contribution in [3.63, 3.8) is 0 Å². The summed E-state index contributed by atoms with van der Waals surface area (Å²) in [5.74, 6) is -0.207. The van der Waals surface area contributed by atoms with Crippen molar-refractivity contribution in [3.05, 3.63) is 34.9 Å². The molecule has 3 heteroatoms. The van der Waals surface area contributed by atoms with Crippen LogP contribution in [0.5, 0.6) is 0 Å². The molecule has 0 bridgehead atoms. The number of ether oxygens (including phenoxy) is 1. The smallest absolute Gasteiger partial charge is 0.337 e. The molecule has 3 nitrogen and oxygen atoms in total. The van der Waals surface area contributed by atoms with Gasteiger partial charge in [0.2, 0.25) is 0 Å². The summed E-state index contributed by atoms with van der Waals surface area (Å²) in [6.07, 6.45) is 1.80. The highest BCUT2D eigenvalue weighted by Gasteiger charge is 2.24. The van der Waals surface area contributed by atoms with Crippen LogP contribution >= 0.6 is 0 Å². The highest BCUT2D eigenvalue weighted by molar-refractivity contribution is 6.02. The highest BCUT2D eigenvalue weighted by atomic mass is 16.5. The molecule has 84 valence electrons. The first-order chi connectivity index (χ1) is 7.63. The van der Waals surface area contributed by atoms with E-state index in [4.69, 9.17) is 0 Å². The molecule has 1 aliphatic carbocycles. The largest absolute Gasteiger partial charge is 0.465 e. The second-order valence-electron chi connectivity index (χ2n) is 4.17. The normalized spacial score (nSPS) is 19.1. The van der Waals surface area contributed by atoms with Gasteiger partial charge in [-0.15, -0.1) is 0 Å². The summed E-state index contributed by atoms with van der Waals surface area (Å²) >= 11 is 0. The third-order valence-electron chi connectivity index (χ3n) is 3.09. The molecule has 0 saturated carbocycles. The van der Waals surface area contributed by atoms with Gasteiger partial charge in [-0.2, -0.15) is 0 Å². The van der Waals surface area contributed by atoms with Gasteiger partial charge in [-0.3, -0.25) is 4.79 Å². The number of esters is 1. The number of hydrogen-bond acceptors (Lipinski definition) is 3. The number of methoxy groups -OCH3 is 1. The lowest BCUT2D eigenvalue weighted by atomic mass is 9.83. The van der Waals surface area contributed by atoms with E-state index in [0.29, 0.717) is 11.1 Å². The molecule has 0 N–H and O–H groups in total. The van der Waals surface area contributed by atoms with Crippen molar-refractivity contribution >= 4 is 11.8 Å². The third-order valence-corrected chi connectivity index (χ3v) is 3.09. The highest BCUT2D eigenvalue weighted by Crippen LogP contribution is 2.26. The van der Waals surface area contributed by atoms with Crippen molar-refractivity contribution in [2.24, 2.45) is 5.92 Å². The van der Waals surface area contributed by atoms with Gasteiger partial charge in [0.15, 0.2) is 5.78 Å². The standard InChI is InChI=1S/C13H14O3/c1-8-3-4-9-5-6-10(13(15)16-2)7-11(9)12(8)14/h5-8H,3-4H2,1-2H3. The lowest BCUT2D eigenvalue weighted by Crippen LogP contribution is -2.20. The van der Waals surface area contributed by atoms with Crippen LogP contribution in [0.25, 0.3) is 0 Å². The van der Waals surface area contributed by atoms with Gasteiger partial charge in [-0.05, 0) is 30.5 Å². The average Bonchev–Trinajstić information content (AvgIpc) is 2.32. The number of aryl methyl sites for hydroxylation is 1. The van der Waals surface area contributed by atoms with Crippen LogP contribution in [0.2, 0.25) is 0 Å². The maximum Gasteiger partial charge on any atom is 0.337 e. The minimum Gasteiger partial charge on any atom is -0.465 e. The van der Waals surface area contributed by atoms with Gasteiger partial charge < -0.3 is 4.74 Å². The minimum absolute atomic E-state index is 0.0559. The summed E-state index contributed by atoms with van der Waals surface area (Å²) in [4.78, 5) is 23.3. The van der Waals surface area contributed by atoms with Gasteiger partial charge in [-0.25, -0.2) is 4.79 Å². The maximum atomic E-state index is 11.9. The zero-order valence-electron chi connectivity index (χ0n) is 9.45. The van der Waals surface area contributed by atoms with Crippen LogP contribution in [0.4, 0.5) is 0 Å². The van der Waals surface area contributed by atoms with Crippen LogP contribution in [0.1, 0.15) is 39.6 Å². The molecule has 0 amide bonds. The molecule has 1 aliphatic rings. The molecule has 0 aliphatic heterocycles. The van der Waals surface area contributed by atoms with Crippen molar-refractivity contribution in [3.8, 4) is 0 Å². The number of ketones is 1. The monoisotopic (exact) mass is 218 g/mol. The summed E-state index contributed by atoms with van der Waals surface area (Å²) in [5, 5.41) is 0.